The van der Waals surface area contributed by atoms with Gasteiger partial charge in [-0.15, -0.1) is 0 Å². The quantitative estimate of drug-likeness (QED) is 0.302. The van der Waals surface area contributed by atoms with E-state index in [1.165, 1.54) is 5.56 Å². The minimum Gasteiger partial charge on any atom is -0.370 e. The molecular formula is C16H27N5O. The molecular weight excluding hydrogens is 278 g/mol. The molecule has 7 N–H and O–H groups in total. The van der Waals surface area contributed by atoms with E-state index in [4.69, 9.17) is 17.2 Å². The number of nitrogens with one attached hydrogen (secondary N) is 1. The highest BCUT2D eigenvalue weighted by atomic mass is 16.2. The Bertz CT molecular complexity index is 471. The molecule has 0 aliphatic heterocycles. The van der Waals surface area contributed by atoms with Crippen molar-refractivity contribution in [1.82, 2.24) is 5.32 Å². The number of unbranched alkanes of at least 4 members (excludes halogenated alkanes) is 1. The molecule has 122 valence electrons. The molecule has 2 atom stereocenters. The van der Waals surface area contributed by atoms with Crippen LogP contribution in [0.1, 0.15) is 31.7 Å². The van der Waals surface area contributed by atoms with Crippen LogP contribution in [-0.4, -0.2) is 30.5 Å². The molecule has 22 heavy (non-hydrogen) atoms. The van der Waals surface area contributed by atoms with Crippen LogP contribution in [-0.2, 0) is 11.2 Å². The van der Waals surface area contributed by atoms with Gasteiger partial charge >= 0.3 is 0 Å². The Morgan fingerprint density at radius 3 is 2.55 bits per heavy atom. The number of rotatable bonds is 9. The molecule has 0 spiro atoms. The maximum Gasteiger partial charge on any atom is 0.237 e. The third-order valence-corrected chi connectivity index (χ3v) is 3.33. The Balaban J connectivity index is 2.24. The second kappa shape index (κ2) is 9.78. The van der Waals surface area contributed by atoms with Crippen LogP contribution in [0.25, 0.3) is 0 Å². The summed E-state index contributed by atoms with van der Waals surface area (Å²) in [6.07, 6.45) is 3.06. The third-order valence-electron chi connectivity index (χ3n) is 3.33. The van der Waals surface area contributed by atoms with Gasteiger partial charge in [0.1, 0.15) is 0 Å². The van der Waals surface area contributed by atoms with Gasteiger partial charge < -0.3 is 22.5 Å². The first-order chi connectivity index (χ1) is 10.5. The van der Waals surface area contributed by atoms with Crippen LogP contribution in [0.5, 0.6) is 0 Å². The maximum absolute atomic E-state index is 12.0. The van der Waals surface area contributed by atoms with Gasteiger partial charge in [0.25, 0.3) is 0 Å². The predicted octanol–water partition coefficient (Wildman–Crippen LogP) is 0.505. The van der Waals surface area contributed by atoms with Crippen LogP contribution >= 0.6 is 0 Å². The number of guanidine groups is 1. The van der Waals surface area contributed by atoms with Crippen LogP contribution in [0, 0.1) is 0 Å². The monoisotopic (exact) mass is 305 g/mol. The van der Waals surface area contributed by atoms with E-state index in [0.29, 0.717) is 13.0 Å². The van der Waals surface area contributed by atoms with Gasteiger partial charge in [-0.3, -0.25) is 9.79 Å². The standard InChI is InChI=1S/C16H27N5O/c1-12(11-13-7-3-2-4-8-13)21-15(22)14(17)9-5-6-10-20-16(18)19/h2-4,7-8,12,14H,5-6,9-11,17H2,1H3,(H,21,22)(H4,18,19,20)/t12-,14?/m1/s1. The summed E-state index contributed by atoms with van der Waals surface area (Å²) in [6, 6.07) is 9.63. The number of hydrogen-bond donors (Lipinski definition) is 4. The fourth-order valence-corrected chi connectivity index (χ4v) is 2.18. The maximum atomic E-state index is 12.0. The first-order valence-electron chi connectivity index (χ1n) is 7.64. The molecule has 6 heteroatoms. The van der Waals surface area contributed by atoms with E-state index in [9.17, 15) is 4.79 Å². The largest absolute Gasteiger partial charge is 0.370 e. The zero-order valence-electron chi connectivity index (χ0n) is 13.2. The summed E-state index contributed by atoms with van der Waals surface area (Å²) in [5.74, 6) is -0.0120. The summed E-state index contributed by atoms with van der Waals surface area (Å²) >= 11 is 0. The Labute approximate surface area is 132 Å². The molecule has 0 fully saturated rings. The van der Waals surface area contributed by atoms with Gasteiger partial charge in [0.05, 0.1) is 6.04 Å². The van der Waals surface area contributed by atoms with Crippen molar-refractivity contribution in [3.05, 3.63) is 35.9 Å². The third kappa shape index (κ3) is 7.64. The summed E-state index contributed by atoms with van der Waals surface area (Å²) in [7, 11) is 0. The van der Waals surface area contributed by atoms with Gasteiger partial charge in [0, 0.05) is 12.6 Å². The van der Waals surface area contributed by atoms with Crippen molar-refractivity contribution in [1.29, 1.82) is 0 Å². The number of carbonyl (C=O) groups is 1. The van der Waals surface area contributed by atoms with Crippen LogP contribution in [0.15, 0.2) is 35.3 Å². The molecule has 1 aromatic rings. The molecule has 0 saturated carbocycles. The molecule has 0 heterocycles. The lowest BCUT2D eigenvalue weighted by atomic mass is 10.1. The summed E-state index contributed by atoms with van der Waals surface area (Å²) in [4.78, 5) is 15.9. The number of nitrogens with two attached hydrogens (primary N) is 3. The zero-order valence-corrected chi connectivity index (χ0v) is 13.2. The van der Waals surface area contributed by atoms with E-state index in [1.54, 1.807) is 0 Å². The summed E-state index contributed by atoms with van der Waals surface area (Å²) in [5, 5.41) is 2.96. The van der Waals surface area contributed by atoms with Crippen molar-refractivity contribution < 1.29 is 4.79 Å². The first-order valence-corrected chi connectivity index (χ1v) is 7.64. The van der Waals surface area contributed by atoms with Crippen molar-refractivity contribution in [2.24, 2.45) is 22.2 Å². The molecule has 0 radical (unpaired) electrons. The Kier molecular flexibility index (Phi) is 7.99. The number of nitrogens with zero attached hydrogens (tertiary/aromatic N) is 1. The molecule has 0 saturated heterocycles. The fraction of sp³-hybridized carbons (Fsp3) is 0.500. The number of carbonyl (C=O) groups excluding carboxylic acids is 1. The summed E-state index contributed by atoms with van der Waals surface area (Å²) in [6.45, 7) is 2.55. The van der Waals surface area contributed by atoms with Crippen LogP contribution in [0.3, 0.4) is 0 Å². The smallest absolute Gasteiger partial charge is 0.237 e. The first kappa shape index (κ1) is 18.0. The molecule has 0 aliphatic carbocycles. The average molecular weight is 305 g/mol. The summed E-state index contributed by atoms with van der Waals surface area (Å²) < 4.78 is 0. The van der Waals surface area contributed by atoms with Crippen molar-refractivity contribution in [2.45, 2.75) is 44.7 Å². The topological polar surface area (TPSA) is 120 Å². The molecule has 6 nitrogen and oxygen atoms in total. The highest BCUT2D eigenvalue weighted by molar-refractivity contribution is 5.81. The molecule has 1 amide bonds. The van der Waals surface area contributed by atoms with Crippen molar-refractivity contribution in [3.8, 4) is 0 Å². The molecule has 1 aromatic carbocycles. The average Bonchev–Trinajstić information content (AvgIpc) is 2.47. The van der Waals surface area contributed by atoms with E-state index in [-0.39, 0.29) is 17.9 Å². The predicted molar refractivity (Wildman–Crippen MR) is 90.3 cm³/mol. The van der Waals surface area contributed by atoms with Crippen molar-refractivity contribution >= 4 is 11.9 Å². The van der Waals surface area contributed by atoms with E-state index in [2.05, 4.69) is 10.3 Å². The molecule has 0 bridgehead atoms. The van der Waals surface area contributed by atoms with Crippen molar-refractivity contribution in [3.63, 3.8) is 0 Å². The lowest BCUT2D eigenvalue weighted by Gasteiger charge is -2.17. The van der Waals surface area contributed by atoms with Crippen LogP contribution in [0.2, 0.25) is 0 Å². The molecule has 0 aliphatic rings. The zero-order chi connectivity index (χ0) is 16.4. The van der Waals surface area contributed by atoms with Gasteiger partial charge in [0.15, 0.2) is 5.96 Å². The number of amides is 1. The molecule has 1 rings (SSSR count). The Morgan fingerprint density at radius 2 is 1.91 bits per heavy atom. The van der Waals surface area contributed by atoms with Gasteiger partial charge in [-0.05, 0) is 38.2 Å². The summed E-state index contributed by atoms with van der Waals surface area (Å²) in [5.41, 5.74) is 17.6. The van der Waals surface area contributed by atoms with Crippen LogP contribution in [0.4, 0.5) is 0 Å². The van der Waals surface area contributed by atoms with E-state index >= 15 is 0 Å². The Morgan fingerprint density at radius 1 is 1.23 bits per heavy atom. The molecule has 0 aromatic heterocycles. The number of hydrogen-bond acceptors (Lipinski definition) is 3. The lowest BCUT2D eigenvalue weighted by Crippen LogP contribution is -2.45. The van der Waals surface area contributed by atoms with E-state index in [0.717, 1.165) is 19.3 Å². The lowest BCUT2D eigenvalue weighted by molar-refractivity contribution is -0.123. The van der Waals surface area contributed by atoms with Gasteiger partial charge in [-0.25, -0.2) is 0 Å². The minimum absolute atomic E-state index is 0.0580. The molecule has 1 unspecified atom stereocenters. The number of benzene rings is 1. The highest BCUT2D eigenvalue weighted by Gasteiger charge is 2.15. The van der Waals surface area contributed by atoms with E-state index < -0.39 is 6.04 Å². The SMILES string of the molecule is C[C@H](Cc1ccccc1)NC(=O)C(N)CCCCN=C(N)N. The number of aliphatic imine (C=N–C) groups is 1. The van der Waals surface area contributed by atoms with Gasteiger partial charge in [-0.2, -0.15) is 0 Å². The second-order valence-electron chi connectivity index (χ2n) is 5.51. The highest BCUT2D eigenvalue weighted by Crippen LogP contribution is 2.04. The van der Waals surface area contributed by atoms with Gasteiger partial charge in [0.2, 0.25) is 5.91 Å². The van der Waals surface area contributed by atoms with Crippen LogP contribution < -0.4 is 22.5 Å². The van der Waals surface area contributed by atoms with E-state index in [1.807, 2.05) is 37.3 Å². The second-order valence-corrected chi connectivity index (χ2v) is 5.51. The minimum atomic E-state index is -0.488. The van der Waals surface area contributed by atoms with Gasteiger partial charge in [-0.1, -0.05) is 30.3 Å². The Hall–Kier alpha value is -2.08. The fourth-order valence-electron chi connectivity index (χ4n) is 2.18. The van der Waals surface area contributed by atoms with Crippen molar-refractivity contribution in [2.75, 3.05) is 6.54 Å². The normalized spacial score (nSPS) is 13.2.